The molecule has 0 saturated heterocycles. The molecule has 0 radical (unpaired) electrons. The maximum atomic E-state index is 13.6. The highest BCUT2D eigenvalue weighted by atomic mass is 16.6. The van der Waals surface area contributed by atoms with Crippen molar-refractivity contribution >= 4 is 12.0 Å². The Kier molecular flexibility index (Phi) is 7.87. The van der Waals surface area contributed by atoms with E-state index < -0.39 is 17.5 Å². The second-order valence-electron chi connectivity index (χ2n) is 9.85. The van der Waals surface area contributed by atoms with E-state index in [1.54, 1.807) is 0 Å². The molecule has 0 amide bonds. The van der Waals surface area contributed by atoms with E-state index in [1.807, 2.05) is 91.0 Å². The van der Waals surface area contributed by atoms with Crippen LogP contribution in [0.25, 0.3) is 6.08 Å². The molecule has 0 fully saturated rings. The van der Waals surface area contributed by atoms with Crippen molar-refractivity contribution < 1.29 is 14.6 Å². The number of rotatable bonds is 9. The van der Waals surface area contributed by atoms with Gasteiger partial charge in [-0.15, -0.1) is 0 Å². The van der Waals surface area contributed by atoms with E-state index in [4.69, 9.17) is 4.74 Å². The molecule has 3 aromatic rings. The molecule has 0 aliphatic carbocycles. The molecule has 3 nitrogen and oxygen atoms in total. The lowest BCUT2D eigenvalue weighted by Gasteiger charge is -2.39. The van der Waals surface area contributed by atoms with E-state index in [0.717, 1.165) is 17.5 Å². The van der Waals surface area contributed by atoms with Crippen LogP contribution in [-0.2, 0) is 16.0 Å². The molecule has 1 aliphatic rings. The fourth-order valence-corrected chi connectivity index (χ4v) is 5.03. The zero-order chi connectivity index (χ0) is 24.7. The molecule has 1 N–H and O–H groups in total. The quantitative estimate of drug-likeness (QED) is 0.329. The van der Waals surface area contributed by atoms with E-state index in [-0.39, 0.29) is 5.76 Å². The average Bonchev–Trinajstić information content (AvgIpc) is 2.86. The summed E-state index contributed by atoms with van der Waals surface area (Å²) in [5, 5.41) is 11.4. The molecular formula is C32H34O3. The molecule has 180 valence electrons. The van der Waals surface area contributed by atoms with Crippen molar-refractivity contribution in [2.45, 2.75) is 51.0 Å². The van der Waals surface area contributed by atoms with Crippen LogP contribution in [0.1, 0.15) is 55.7 Å². The van der Waals surface area contributed by atoms with Gasteiger partial charge in [0, 0.05) is 12.3 Å². The van der Waals surface area contributed by atoms with Crippen LogP contribution in [0.4, 0.5) is 0 Å². The van der Waals surface area contributed by atoms with Crippen molar-refractivity contribution in [2.75, 3.05) is 0 Å². The fraction of sp³-hybridized carbons (Fsp3) is 0.281. The number of cyclic esters (lactones) is 1. The van der Waals surface area contributed by atoms with Gasteiger partial charge in [-0.25, -0.2) is 4.79 Å². The minimum Gasteiger partial charge on any atom is -0.512 e. The third-order valence-electron chi connectivity index (χ3n) is 6.57. The summed E-state index contributed by atoms with van der Waals surface area (Å²) in [6, 6.07) is 30.0. The second-order valence-corrected chi connectivity index (χ2v) is 9.85. The summed E-state index contributed by atoms with van der Waals surface area (Å²) in [5.41, 5.74) is 2.81. The Labute approximate surface area is 208 Å². The zero-order valence-electron chi connectivity index (χ0n) is 20.6. The van der Waals surface area contributed by atoms with Gasteiger partial charge in [0.1, 0.15) is 11.4 Å². The van der Waals surface area contributed by atoms with E-state index in [0.29, 0.717) is 30.8 Å². The number of ether oxygens (including phenoxy) is 1. The summed E-state index contributed by atoms with van der Waals surface area (Å²) in [7, 11) is 0. The first-order valence-electron chi connectivity index (χ1n) is 12.4. The van der Waals surface area contributed by atoms with Gasteiger partial charge in [0.2, 0.25) is 0 Å². The Morgan fingerprint density at radius 2 is 1.51 bits per heavy atom. The number of hydrogen-bond donors (Lipinski definition) is 1. The Balaban J connectivity index is 1.67. The first-order chi connectivity index (χ1) is 17.0. The van der Waals surface area contributed by atoms with Crippen LogP contribution in [0.3, 0.4) is 0 Å². The van der Waals surface area contributed by atoms with Crippen molar-refractivity contribution in [3.63, 3.8) is 0 Å². The molecule has 3 heteroatoms. The number of esters is 1. The largest absolute Gasteiger partial charge is 0.512 e. The lowest BCUT2D eigenvalue weighted by atomic mass is 9.78. The van der Waals surface area contributed by atoms with Gasteiger partial charge >= 0.3 is 5.97 Å². The third kappa shape index (κ3) is 6.30. The number of aliphatic hydroxyl groups excluding tert-OH is 1. The highest BCUT2D eigenvalue weighted by Gasteiger charge is 2.43. The van der Waals surface area contributed by atoms with E-state index in [9.17, 15) is 9.90 Å². The topological polar surface area (TPSA) is 46.5 Å². The molecule has 0 spiro atoms. The van der Waals surface area contributed by atoms with Crippen LogP contribution in [0.5, 0.6) is 0 Å². The minimum atomic E-state index is -0.709. The van der Waals surface area contributed by atoms with Crippen LogP contribution in [0, 0.1) is 5.92 Å². The monoisotopic (exact) mass is 466 g/mol. The van der Waals surface area contributed by atoms with Gasteiger partial charge < -0.3 is 9.84 Å². The Morgan fingerprint density at radius 3 is 2.11 bits per heavy atom. The smallest absolute Gasteiger partial charge is 0.338 e. The molecule has 2 atom stereocenters. The van der Waals surface area contributed by atoms with Gasteiger partial charge in [-0.05, 0) is 41.9 Å². The summed E-state index contributed by atoms with van der Waals surface area (Å²) in [5.74, 6) is -0.346. The van der Waals surface area contributed by atoms with Gasteiger partial charge in [0.15, 0.2) is 0 Å². The van der Waals surface area contributed by atoms with E-state index in [2.05, 4.69) is 26.0 Å². The van der Waals surface area contributed by atoms with Crippen LogP contribution in [-0.4, -0.2) is 16.7 Å². The molecule has 35 heavy (non-hydrogen) atoms. The number of carbonyl (C=O) groups is 1. The third-order valence-corrected chi connectivity index (χ3v) is 6.57. The van der Waals surface area contributed by atoms with Crippen molar-refractivity contribution in [3.8, 4) is 0 Å². The molecular weight excluding hydrogens is 432 g/mol. The van der Waals surface area contributed by atoms with Crippen LogP contribution in [0.2, 0.25) is 0 Å². The predicted molar refractivity (Wildman–Crippen MR) is 142 cm³/mol. The van der Waals surface area contributed by atoms with Crippen LogP contribution < -0.4 is 0 Å². The lowest BCUT2D eigenvalue weighted by Crippen LogP contribution is -2.42. The fourth-order valence-electron chi connectivity index (χ4n) is 5.03. The van der Waals surface area contributed by atoms with Gasteiger partial charge in [-0.3, -0.25) is 0 Å². The number of carbonyl (C=O) groups excluding carboxylic acids is 1. The zero-order valence-corrected chi connectivity index (χ0v) is 20.6. The highest BCUT2D eigenvalue weighted by Crippen LogP contribution is 2.42. The van der Waals surface area contributed by atoms with Crippen molar-refractivity contribution in [1.82, 2.24) is 0 Å². The Hall–Kier alpha value is -3.59. The van der Waals surface area contributed by atoms with Gasteiger partial charge in [0.25, 0.3) is 0 Å². The summed E-state index contributed by atoms with van der Waals surface area (Å²) in [6.07, 6.45) is 6.49. The molecule has 1 heterocycles. The van der Waals surface area contributed by atoms with E-state index in [1.165, 1.54) is 5.56 Å². The highest BCUT2D eigenvalue weighted by molar-refractivity contribution is 5.93. The summed E-state index contributed by atoms with van der Waals surface area (Å²) >= 11 is 0. The SMILES string of the molecule is CC(C)CC1(CCc2ccccc2)CC(O)=C(C(/C=C/c2ccccc2)c2ccccc2)C(=O)O1. The maximum Gasteiger partial charge on any atom is 0.338 e. The molecule has 0 bridgehead atoms. The van der Waals surface area contributed by atoms with Crippen molar-refractivity contribution in [2.24, 2.45) is 5.92 Å². The Morgan fingerprint density at radius 1 is 0.914 bits per heavy atom. The number of hydrogen-bond acceptors (Lipinski definition) is 3. The van der Waals surface area contributed by atoms with Crippen LogP contribution in [0.15, 0.2) is 108 Å². The predicted octanol–water partition coefficient (Wildman–Crippen LogP) is 7.66. The number of benzene rings is 3. The summed E-state index contributed by atoms with van der Waals surface area (Å²) in [6.45, 7) is 4.26. The normalized spacial score (nSPS) is 19.2. The van der Waals surface area contributed by atoms with Gasteiger partial charge in [0.05, 0.1) is 5.57 Å². The number of aliphatic hydroxyl groups is 1. The first-order valence-corrected chi connectivity index (χ1v) is 12.4. The summed E-state index contributed by atoms with van der Waals surface area (Å²) < 4.78 is 6.25. The minimum absolute atomic E-state index is 0.140. The molecule has 0 aromatic heterocycles. The number of allylic oxidation sites excluding steroid dienone is 1. The van der Waals surface area contributed by atoms with E-state index >= 15 is 0 Å². The lowest BCUT2D eigenvalue weighted by molar-refractivity contribution is -0.162. The molecule has 3 aromatic carbocycles. The Bertz CT molecular complexity index is 1160. The second kappa shape index (κ2) is 11.2. The molecule has 1 aliphatic heterocycles. The van der Waals surface area contributed by atoms with Crippen molar-refractivity contribution in [1.29, 1.82) is 0 Å². The van der Waals surface area contributed by atoms with Gasteiger partial charge in [-0.2, -0.15) is 0 Å². The first kappa shape index (κ1) is 24.5. The number of aryl methyl sites for hydroxylation is 1. The molecule has 0 saturated carbocycles. The average molecular weight is 467 g/mol. The summed E-state index contributed by atoms with van der Waals surface area (Å²) in [4.78, 5) is 13.6. The van der Waals surface area contributed by atoms with Crippen molar-refractivity contribution in [3.05, 3.63) is 125 Å². The van der Waals surface area contributed by atoms with Crippen LogP contribution >= 0.6 is 0 Å². The molecule has 4 rings (SSSR count). The maximum absolute atomic E-state index is 13.6. The standard InChI is InChI=1S/C32H34O3/c1-24(2)22-32(21-20-26-14-8-4-9-15-26)23-29(33)30(31(34)35-32)28(27-16-10-5-11-17-27)19-18-25-12-6-3-7-13-25/h3-19,24,28,33H,20-23H2,1-2H3/b19-18+. The van der Waals surface area contributed by atoms with Gasteiger partial charge in [-0.1, -0.05) is 117 Å². The molecule has 2 unspecified atom stereocenters.